The summed E-state index contributed by atoms with van der Waals surface area (Å²) in [6.45, 7) is 0. The molecule has 0 radical (unpaired) electrons. The van der Waals surface area contributed by atoms with Gasteiger partial charge in [0, 0.05) is 0 Å². The molecule has 0 aliphatic rings. The molecule has 0 rings (SSSR count). The van der Waals surface area contributed by atoms with Gasteiger partial charge in [0.2, 0.25) is 0 Å². The minimum atomic E-state index is -0.719. The number of hydrogen-bond acceptors (Lipinski definition) is 5. The summed E-state index contributed by atoms with van der Waals surface area (Å²) < 4.78 is 11.4. The molecule has 8 heavy (non-hydrogen) atoms. The van der Waals surface area contributed by atoms with Crippen molar-refractivity contribution in [3.63, 3.8) is 0 Å². The summed E-state index contributed by atoms with van der Waals surface area (Å²) in [6, 6.07) is 0. The van der Waals surface area contributed by atoms with E-state index in [9.17, 15) is 0 Å². The molecular formula is CH5I2N2O3-. The van der Waals surface area contributed by atoms with Gasteiger partial charge < -0.3 is 0 Å². The maximum atomic E-state index is 8.32. The molecule has 0 aliphatic carbocycles. The first-order chi connectivity index (χ1) is 3.77. The summed E-state index contributed by atoms with van der Waals surface area (Å²) in [5, 5.41) is 8.95. The Kier molecular flexibility index (Phi) is 7.39. The Hall–Kier alpha value is 1.26. The molecule has 7 heteroatoms. The Labute approximate surface area is 72.0 Å². The molecule has 52 valence electrons. The van der Waals surface area contributed by atoms with Crippen LogP contribution in [0.25, 0.3) is 0 Å². The molecule has 0 saturated heterocycles. The van der Waals surface area contributed by atoms with Crippen molar-refractivity contribution in [2.75, 3.05) is 7.05 Å². The van der Waals surface area contributed by atoms with Crippen LogP contribution in [0.4, 0.5) is 0 Å². The minimum absolute atomic E-state index is 0.635. The standard InChI is InChI=1S/CH5I2N2O3/c1-5(6)8-3-4-7-2/h4,6H,1H3/q-1. The van der Waals surface area contributed by atoms with Crippen LogP contribution in [-0.2, 0) is 6.33 Å². The zero-order valence-corrected chi connectivity index (χ0v) is 8.28. The summed E-state index contributed by atoms with van der Waals surface area (Å²) in [5.74, 6) is 0. The van der Waals surface area contributed by atoms with Crippen LogP contribution in [0.15, 0.2) is 0 Å². The van der Waals surface area contributed by atoms with Crippen molar-refractivity contribution in [3.8, 4) is 0 Å². The van der Waals surface area contributed by atoms with E-state index in [0.29, 0.717) is 5.23 Å². The van der Waals surface area contributed by atoms with Crippen LogP contribution < -0.4 is 25.6 Å². The first-order valence-electron chi connectivity index (χ1n) is 1.53. The van der Waals surface area contributed by atoms with Crippen LogP contribution in [0.3, 0.4) is 0 Å². The maximum absolute atomic E-state index is 8.32. The first-order valence-corrected chi connectivity index (χ1v) is 4.37. The monoisotopic (exact) mass is 347 g/mol. The average Bonchev–Trinajstić information content (AvgIpc) is 1.66. The molecule has 0 unspecified atom stereocenters. The third-order valence-electron chi connectivity index (χ3n) is 0.195. The third kappa shape index (κ3) is 7.26. The van der Waals surface area contributed by atoms with Crippen LogP contribution in [-0.4, -0.2) is 17.5 Å². The van der Waals surface area contributed by atoms with Gasteiger partial charge in [-0.15, -0.1) is 0 Å². The average molecular weight is 347 g/mol. The van der Waals surface area contributed by atoms with Crippen LogP contribution in [0.5, 0.6) is 0 Å². The molecular weight excluding hydrogens is 342 g/mol. The number of hydrogen-bond donors (Lipinski definition) is 2. The van der Waals surface area contributed by atoms with Crippen molar-refractivity contribution in [2.24, 2.45) is 0 Å². The molecule has 0 heterocycles. The van der Waals surface area contributed by atoms with Crippen molar-refractivity contribution in [1.82, 2.24) is 8.92 Å². The van der Waals surface area contributed by atoms with Crippen LogP contribution in [0.1, 0.15) is 0 Å². The Bertz CT molecular complexity index is 52.5. The van der Waals surface area contributed by atoms with Crippen molar-refractivity contribution in [2.45, 2.75) is 0 Å². The van der Waals surface area contributed by atoms with Crippen molar-refractivity contribution in [3.05, 3.63) is 0 Å². The number of hydroxylamine groups is 2. The fraction of sp³-hybridized carbons (Fsp3) is 1.00. The van der Waals surface area contributed by atoms with E-state index >= 15 is 0 Å². The second-order valence-electron chi connectivity index (χ2n) is 0.765. The van der Waals surface area contributed by atoms with Gasteiger partial charge in [-0.05, 0) is 0 Å². The molecule has 0 amide bonds. The van der Waals surface area contributed by atoms with Gasteiger partial charge in [-0.3, -0.25) is 0 Å². The molecule has 2 N–H and O–H groups in total. The Morgan fingerprint density at radius 3 is 2.88 bits per heavy atom. The predicted octanol–water partition coefficient (Wildman–Crippen LogP) is -2.97. The second kappa shape index (κ2) is 6.38. The van der Waals surface area contributed by atoms with Gasteiger partial charge in [-0.2, -0.15) is 0 Å². The number of rotatable bonds is 4. The van der Waals surface area contributed by atoms with E-state index in [4.69, 9.17) is 5.21 Å². The fourth-order valence-corrected chi connectivity index (χ4v) is 0.965. The van der Waals surface area contributed by atoms with Gasteiger partial charge in [0.25, 0.3) is 0 Å². The topological polar surface area (TPSA) is 54.0 Å². The normalized spacial score (nSPS) is 11.0. The fourth-order valence-electron chi connectivity index (χ4n) is 0.0759. The van der Waals surface area contributed by atoms with E-state index in [1.165, 1.54) is 7.05 Å². The molecule has 0 aromatic heterocycles. The zero-order valence-electron chi connectivity index (χ0n) is 3.97. The molecule has 0 aromatic carbocycles. The quantitative estimate of drug-likeness (QED) is 0.246. The SMILES string of the molecule is CN(O)O[I-]NOI. The Morgan fingerprint density at radius 1 is 1.88 bits per heavy atom. The van der Waals surface area contributed by atoms with E-state index in [2.05, 4.69) is 10.0 Å². The summed E-state index contributed by atoms with van der Waals surface area (Å²) in [6.07, 6.45) is 0. The van der Waals surface area contributed by atoms with E-state index in [1.54, 1.807) is 23.0 Å². The second-order valence-corrected chi connectivity index (χ2v) is 2.48. The molecule has 0 atom stereocenters. The van der Waals surface area contributed by atoms with Crippen LogP contribution >= 0.6 is 23.0 Å². The molecule has 0 spiro atoms. The Morgan fingerprint density at radius 2 is 2.50 bits per heavy atom. The van der Waals surface area contributed by atoms with E-state index in [-0.39, 0.29) is 0 Å². The van der Waals surface area contributed by atoms with Crippen molar-refractivity contribution >= 4 is 23.0 Å². The first kappa shape index (κ1) is 9.26. The van der Waals surface area contributed by atoms with Gasteiger partial charge in [-0.1, -0.05) is 0 Å². The Balaban J connectivity index is 2.72. The van der Waals surface area contributed by atoms with Crippen LogP contribution in [0, 0.1) is 0 Å². The molecule has 0 saturated carbocycles. The molecule has 0 bridgehead atoms. The van der Waals surface area contributed by atoms with Gasteiger partial charge in [0.05, 0.1) is 0 Å². The van der Waals surface area contributed by atoms with E-state index < -0.39 is 21.9 Å². The van der Waals surface area contributed by atoms with E-state index in [0.717, 1.165) is 0 Å². The van der Waals surface area contributed by atoms with Crippen LogP contribution in [0.2, 0.25) is 0 Å². The van der Waals surface area contributed by atoms with Gasteiger partial charge in [0.1, 0.15) is 0 Å². The number of nitrogens with zero attached hydrogens (tertiary/aromatic N) is 1. The summed E-state index contributed by atoms with van der Waals surface area (Å²) in [4.78, 5) is 0. The number of halogens is 2. The summed E-state index contributed by atoms with van der Waals surface area (Å²) in [5.41, 5.74) is 0. The molecule has 5 nitrogen and oxygen atoms in total. The van der Waals surface area contributed by atoms with Crippen molar-refractivity contribution in [1.29, 1.82) is 0 Å². The van der Waals surface area contributed by atoms with Gasteiger partial charge in [0.15, 0.2) is 0 Å². The zero-order chi connectivity index (χ0) is 6.41. The van der Waals surface area contributed by atoms with Gasteiger partial charge >= 0.3 is 72.4 Å². The summed E-state index contributed by atoms with van der Waals surface area (Å²) >= 11 is 0.951. The molecule has 0 aromatic rings. The van der Waals surface area contributed by atoms with Gasteiger partial charge in [-0.25, -0.2) is 0 Å². The third-order valence-corrected chi connectivity index (χ3v) is 2.42. The summed E-state index contributed by atoms with van der Waals surface area (Å²) in [7, 11) is 1.38. The van der Waals surface area contributed by atoms with Crippen molar-refractivity contribution < 1.29 is 33.4 Å². The predicted molar refractivity (Wildman–Crippen MR) is 28.9 cm³/mol. The molecule has 0 fully saturated rings. The number of nitrogens with one attached hydrogen (secondary N) is 1. The van der Waals surface area contributed by atoms with E-state index in [1.807, 2.05) is 0 Å². The molecule has 0 aliphatic heterocycles.